The van der Waals surface area contributed by atoms with Crippen LogP contribution >= 0.6 is 11.7 Å². The normalized spacial score (nSPS) is 19.4. The molecule has 0 unspecified atom stereocenters. The van der Waals surface area contributed by atoms with Crippen molar-refractivity contribution in [1.29, 1.82) is 0 Å². The number of nitrogens with one attached hydrogen (secondary N) is 1. The smallest absolute Gasteiger partial charge is 0.275 e. The summed E-state index contributed by atoms with van der Waals surface area (Å²) in [6.07, 6.45) is 7.33. The Morgan fingerprint density at radius 3 is 2.96 bits per heavy atom. The Morgan fingerprint density at radius 1 is 1.24 bits per heavy atom. The van der Waals surface area contributed by atoms with Crippen molar-refractivity contribution in [2.75, 3.05) is 31.1 Å². The predicted octanol–water partition coefficient (Wildman–Crippen LogP) is 1.55. The van der Waals surface area contributed by atoms with Gasteiger partial charge in [-0.1, -0.05) is 0 Å². The van der Waals surface area contributed by atoms with Crippen molar-refractivity contribution in [3.63, 3.8) is 0 Å². The summed E-state index contributed by atoms with van der Waals surface area (Å²) in [7, 11) is 0. The maximum atomic E-state index is 12.7. The molecule has 4 heterocycles. The molecule has 5 rings (SSSR count). The number of anilines is 1. The van der Waals surface area contributed by atoms with E-state index in [0.29, 0.717) is 12.2 Å². The van der Waals surface area contributed by atoms with Crippen LogP contribution in [0.2, 0.25) is 0 Å². The predicted molar refractivity (Wildman–Crippen MR) is 93.6 cm³/mol. The molecule has 2 aliphatic rings. The van der Waals surface area contributed by atoms with E-state index in [1.54, 1.807) is 12.5 Å². The van der Waals surface area contributed by atoms with Crippen molar-refractivity contribution in [2.45, 2.75) is 12.8 Å². The number of rotatable bonds is 2. The summed E-state index contributed by atoms with van der Waals surface area (Å²) < 4.78 is 8.06. The van der Waals surface area contributed by atoms with E-state index in [0.717, 1.165) is 61.1 Å². The fraction of sp³-hybridized carbons (Fsp3) is 0.438. The van der Waals surface area contributed by atoms with Gasteiger partial charge in [-0.05, 0) is 18.9 Å². The summed E-state index contributed by atoms with van der Waals surface area (Å²) in [5.41, 5.74) is 1.47. The monoisotopic (exact) mass is 355 g/mol. The van der Waals surface area contributed by atoms with E-state index < -0.39 is 0 Å². The first-order chi connectivity index (χ1) is 12.2. The Balaban J connectivity index is 1.45. The zero-order valence-corrected chi connectivity index (χ0v) is 14.4. The highest BCUT2D eigenvalue weighted by Crippen LogP contribution is 2.48. The summed E-state index contributed by atoms with van der Waals surface area (Å²) in [5.74, 6) is 0.929. The van der Waals surface area contributed by atoms with E-state index in [9.17, 15) is 4.79 Å². The van der Waals surface area contributed by atoms with Gasteiger partial charge >= 0.3 is 0 Å². The largest absolute Gasteiger partial charge is 0.354 e. The number of amides is 1. The van der Waals surface area contributed by atoms with Gasteiger partial charge in [0.1, 0.15) is 17.8 Å². The summed E-state index contributed by atoms with van der Waals surface area (Å²) in [6.45, 7) is 3.11. The Bertz CT molecular complexity index is 918. The van der Waals surface area contributed by atoms with Gasteiger partial charge in [0.05, 0.1) is 23.3 Å². The lowest BCUT2D eigenvalue weighted by molar-refractivity contribution is 0.0736. The lowest BCUT2D eigenvalue weighted by Gasteiger charge is -2.25. The number of hydrogen-bond acceptors (Lipinski definition) is 7. The van der Waals surface area contributed by atoms with Crippen LogP contribution in [0.25, 0.3) is 11.0 Å². The number of fused-ring (bicyclic) bond motifs is 1. The lowest BCUT2D eigenvalue weighted by Crippen LogP contribution is -2.36. The van der Waals surface area contributed by atoms with Gasteiger partial charge in [0.2, 0.25) is 0 Å². The minimum absolute atomic E-state index is 0.0173. The molecular formula is C16H17N7OS. The Kier molecular flexibility index (Phi) is 3.24. The fourth-order valence-corrected chi connectivity index (χ4v) is 4.05. The zero-order chi connectivity index (χ0) is 16.9. The molecule has 1 aliphatic heterocycles. The third-order valence-corrected chi connectivity index (χ3v) is 5.63. The van der Waals surface area contributed by atoms with E-state index in [1.165, 1.54) is 0 Å². The number of carbonyl (C=O) groups excluding carboxylic acids is 1. The van der Waals surface area contributed by atoms with E-state index in [4.69, 9.17) is 0 Å². The lowest BCUT2D eigenvalue weighted by atomic mass is 10.1. The molecule has 25 heavy (non-hydrogen) atoms. The van der Waals surface area contributed by atoms with Crippen LogP contribution in [-0.4, -0.2) is 60.7 Å². The molecule has 1 aliphatic carbocycles. The molecule has 9 heteroatoms. The molecule has 1 spiro atoms. The SMILES string of the molecule is O=C(c1cnsn1)N1CCN(c2ncnc3[nH]ccc23)CC2(CC2)C1. The molecule has 2 fully saturated rings. The maximum Gasteiger partial charge on any atom is 0.275 e. The fourth-order valence-electron chi connectivity index (χ4n) is 3.64. The first-order valence-electron chi connectivity index (χ1n) is 8.34. The van der Waals surface area contributed by atoms with Crippen LogP contribution in [0.5, 0.6) is 0 Å². The quantitative estimate of drug-likeness (QED) is 0.750. The summed E-state index contributed by atoms with van der Waals surface area (Å²) in [5, 5.41) is 1.03. The summed E-state index contributed by atoms with van der Waals surface area (Å²) >= 11 is 1.07. The van der Waals surface area contributed by atoms with Gasteiger partial charge < -0.3 is 14.8 Å². The first-order valence-corrected chi connectivity index (χ1v) is 9.07. The van der Waals surface area contributed by atoms with Crippen molar-refractivity contribution in [3.05, 3.63) is 30.5 Å². The Labute approximate surface area is 148 Å². The minimum atomic E-state index is -0.0173. The number of hydrogen-bond donors (Lipinski definition) is 1. The van der Waals surface area contributed by atoms with E-state index in [2.05, 4.69) is 28.6 Å². The molecule has 8 nitrogen and oxygen atoms in total. The van der Waals surface area contributed by atoms with Crippen molar-refractivity contribution in [1.82, 2.24) is 28.6 Å². The topological polar surface area (TPSA) is 90.9 Å². The molecule has 0 radical (unpaired) electrons. The van der Waals surface area contributed by atoms with Gasteiger partial charge in [-0.15, -0.1) is 0 Å². The molecule has 1 amide bonds. The van der Waals surface area contributed by atoms with Gasteiger partial charge in [-0.2, -0.15) is 8.75 Å². The molecule has 0 aromatic carbocycles. The first kappa shape index (κ1) is 14.8. The molecule has 3 aromatic rings. The van der Waals surface area contributed by atoms with Crippen LogP contribution in [0.4, 0.5) is 5.82 Å². The van der Waals surface area contributed by atoms with Crippen LogP contribution in [0, 0.1) is 5.41 Å². The molecule has 3 aromatic heterocycles. The number of nitrogens with zero attached hydrogens (tertiary/aromatic N) is 6. The molecule has 0 atom stereocenters. The van der Waals surface area contributed by atoms with Crippen molar-refractivity contribution < 1.29 is 4.79 Å². The van der Waals surface area contributed by atoms with Gasteiger partial charge in [-0.3, -0.25) is 4.79 Å². The van der Waals surface area contributed by atoms with Crippen LogP contribution in [0.3, 0.4) is 0 Å². The molecule has 1 saturated heterocycles. The highest BCUT2D eigenvalue weighted by molar-refractivity contribution is 6.99. The summed E-state index contributed by atoms with van der Waals surface area (Å²) in [4.78, 5) is 28.9. The summed E-state index contributed by atoms with van der Waals surface area (Å²) in [6, 6.07) is 2.01. The molecule has 1 saturated carbocycles. The third-order valence-electron chi connectivity index (χ3n) is 5.15. The van der Waals surface area contributed by atoms with Crippen LogP contribution in [-0.2, 0) is 0 Å². The minimum Gasteiger partial charge on any atom is -0.354 e. The van der Waals surface area contributed by atoms with Crippen molar-refractivity contribution in [2.24, 2.45) is 5.41 Å². The van der Waals surface area contributed by atoms with Crippen LogP contribution < -0.4 is 4.90 Å². The number of carbonyl (C=O) groups is 1. The standard InChI is InChI=1S/C16H17N7OS/c24-15(12-7-20-25-21-12)23-6-5-22(8-16(9-23)2-3-16)14-11-1-4-17-13(11)18-10-19-14/h1,4,7,10H,2-3,5-6,8-9H2,(H,17,18,19). The van der Waals surface area contributed by atoms with E-state index >= 15 is 0 Å². The van der Waals surface area contributed by atoms with Crippen molar-refractivity contribution in [3.8, 4) is 0 Å². The molecular weight excluding hydrogens is 338 g/mol. The van der Waals surface area contributed by atoms with Crippen molar-refractivity contribution >= 4 is 34.5 Å². The average Bonchev–Trinajstić information content (AvgIpc) is 3.03. The Morgan fingerprint density at radius 2 is 2.16 bits per heavy atom. The van der Waals surface area contributed by atoms with Gasteiger partial charge in [0, 0.05) is 37.8 Å². The second-order valence-corrected chi connectivity index (χ2v) is 7.43. The maximum absolute atomic E-state index is 12.7. The second kappa shape index (κ2) is 5.48. The number of aromatic amines is 1. The molecule has 128 valence electrons. The van der Waals surface area contributed by atoms with Crippen LogP contribution in [0.15, 0.2) is 24.8 Å². The van der Waals surface area contributed by atoms with E-state index in [-0.39, 0.29) is 11.3 Å². The zero-order valence-electron chi connectivity index (χ0n) is 13.6. The van der Waals surface area contributed by atoms with E-state index in [1.807, 2.05) is 17.2 Å². The van der Waals surface area contributed by atoms with Gasteiger partial charge in [-0.25, -0.2) is 9.97 Å². The Hall–Kier alpha value is -2.55. The highest BCUT2D eigenvalue weighted by atomic mass is 32.1. The highest BCUT2D eigenvalue weighted by Gasteiger charge is 2.48. The molecule has 0 bridgehead atoms. The van der Waals surface area contributed by atoms with Crippen LogP contribution in [0.1, 0.15) is 23.3 Å². The second-order valence-electron chi connectivity index (χ2n) is 6.88. The number of H-pyrrole nitrogens is 1. The average molecular weight is 355 g/mol. The van der Waals surface area contributed by atoms with Gasteiger partial charge in [0.25, 0.3) is 5.91 Å². The van der Waals surface area contributed by atoms with Gasteiger partial charge in [0.15, 0.2) is 5.69 Å². The molecule has 1 N–H and O–H groups in total. The third kappa shape index (κ3) is 2.55. The number of aromatic nitrogens is 5.